The first-order valence-electron chi connectivity index (χ1n) is 8.81. The number of cyclic esters (lactones) is 1. The standard InChI is InChI=1S/C20H19F2NO4/c1-9-15(19(24)26-2)17(18-14(23-9)8-27-20(18)25)12-4-3-5-13(22)16(12)10-6-11(21)7-10/h3-5,10-11,17,23H,6-8H2,1-2H3/t10?,11?,17-/m1/s1. The molecule has 5 nitrogen and oxygen atoms in total. The molecule has 0 spiro atoms. The summed E-state index contributed by atoms with van der Waals surface area (Å²) < 4.78 is 38.3. The van der Waals surface area contributed by atoms with Crippen LogP contribution in [-0.4, -0.2) is 31.8 Å². The Balaban J connectivity index is 1.91. The molecule has 27 heavy (non-hydrogen) atoms. The van der Waals surface area contributed by atoms with E-state index in [-0.39, 0.29) is 36.5 Å². The number of benzene rings is 1. The Kier molecular flexibility index (Phi) is 4.25. The van der Waals surface area contributed by atoms with Crippen LogP contribution in [0.5, 0.6) is 0 Å². The number of dihydropyridines is 1. The Morgan fingerprint density at radius 1 is 1.33 bits per heavy atom. The van der Waals surface area contributed by atoms with Gasteiger partial charge in [-0.15, -0.1) is 0 Å². The van der Waals surface area contributed by atoms with E-state index in [0.29, 0.717) is 22.5 Å². The summed E-state index contributed by atoms with van der Waals surface area (Å²) in [5, 5.41) is 3.03. The van der Waals surface area contributed by atoms with Gasteiger partial charge in [-0.25, -0.2) is 18.4 Å². The SMILES string of the molecule is COC(=O)C1=C(C)NC2=C(C(=O)OC2)[C@@H]1c1cccc(F)c1C1CC(F)C1. The lowest BCUT2D eigenvalue weighted by Gasteiger charge is -2.35. The predicted octanol–water partition coefficient (Wildman–Crippen LogP) is 2.99. The second kappa shape index (κ2) is 6.48. The molecule has 0 unspecified atom stereocenters. The molecule has 3 aliphatic rings. The molecule has 142 valence electrons. The van der Waals surface area contributed by atoms with Crippen molar-refractivity contribution in [2.75, 3.05) is 13.7 Å². The van der Waals surface area contributed by atoms with Gasteiger partial charge in [-0.05, 0) is 42.9 Å². The minimum Gasteiger partial charge on any atom is -0.466 e. The van der Waals surface area contributed by atoms with E-state index in [4.69, 9.17) is 9.47 Å². The first-order chi connectivity index (χ1) is 12.9. The highest BCUT2D eigenvalue weighted by Gasteiger charge is 2.44. The number of hydrogen-bond acceptors (Lipinski definition) is 5. The Bertz CT molecular complexity index is 899. The Hall–Kier alpha value is -2.70. The molecule has 1 saturated carbocycles. The topological polar surface area (TPSA) is 64.6 Å². The van der Waals surface area contributed by atoms with Crippen molar-refractivity contribution in [3.8, 4) is 0 Å². The van der Waals surface area contributed by atoms with Gasteiger partial charge in [-0.3, -0.25) is 0 Å². The maximum Gasteiger partial charge on any atom is 0.337 e. The van der Waals surface area contributed by atoms with Crippen molar-refractivity contribution in [1.29, 1.82) is 0 Å². The van der Waals surface area contributed by atoms with E-state index in [1.807, 2.05) is 0 Å². The molecule has 0 radical (unpaired) electrons. The highest BCUT2D eigenvalue weighted by molar-refractivity contribution is 6.01. The van der Waals surface area contributed by atoms with Crippen LogP contribution in [0.4, 0.5) is 8.78 Å². The van der Waals surface area contributed by atoms with Crippen LogP contribution in [-0.2, 0) is 19.1 Å². The molecule has 2 aliphatic heterocycles. The third kappa shape index (κ3) is 2.72. The van der Waals surface area contributed by atoms with Gasteiger partial charge in [0.25, 0.3) is 0 Å². The smallest absolute Gasteiger partial charge is 0.337 e. The average Bonchev–Trinajstić information content (AvgIpc) is 2.98. The monoisotopic (exact) mass is 375 g/mol. The lowest BCUT2D eigenvalue weighted by molar-refractivity contribution is -0.136. The Morgan fingerprint density at radius 2 is 2.07 bits per heavy atom. The average molecular weight is 375 g/mol. The highest BCUT2D eigenvalue weighted by Crippen LogP contribution is 2.48. The number of rotatable bonds is 3. The second-order valence-electron chi connectivity index (χ2n) is 7.06. The molecule has 0 bridgehead atoms. The molecule has 0 amide bonds. The molecule has 1 aliphatic carbocycles. The summed E-state index contributed by atoms with van der Waals surface area (Å²) >= 11 is 0. The molecule has 0 saturated heterocycles. The summed E-state index contributed by atoms with van der Waals surface area (Å²) in [6.07, 6.45) is -0.504. The lowest BCUT2D eigenvalue weighted by Crippen LogP contribution is -2.32. The minimum absolute atomic E-state index is 0.0666. The fourth-order valence-corrected chi connectivity index (χ4v) is 4.18. The third-order valence-corrected chi connectivity index (χ3v) is 5.50. The van der Waals surface area contributed by atoms with E-state index in [9.17, 15) is 18.4 Å². The number of alkyl halides is 1. The van der Waals surface area contributed by atoms with Crippen LogP contribution in [0.15, 0.2) is 40.7 Å². The fraction of sp³-hybridized carbons (Fsp3) is 0.400. The first kappa shape index (κ1) is 17.7. The summed E-state index contributed by atoms with van der Waals surface area (Å²) in [7, 11) is 1.25. The number of halogens is 2. The van der Waals surface area contributed by atoms with Crippen LogP contribution < -0.4 is 5.32 Å². The third-order valence-electron chi connectivity index (χ3n) is 5.50. The van der Waals surface area contributed by atoms with Crippen LogP contribution >= 0.6 is 0 Å². The molecular formula is C20H19F2NO4. The zero-order chi connectivity index (χ0) is 19.3. The summed E-state index contributed by atoms with van der Waals surface area (Å²) in [4.78, 5) is 24.9. The van der Waals surface area contributed by atoms with Crippen molar-refractivity contribution >= 4 is 11.9 Å². The largest absolute Gasteiger partial charge is 0.466 e. The van der Waals surface area contributed by atoms with Crippen molar-refractivity contribution in [3.63, 3.8) is 0 Å². The Morgan fingerprint density at radius 3 is 2.74 bits per heavy atom. The van der Waals surface area contributed by atoms with E-state index in [1.165, 1.54) is 19.2 Å². The molecule has 1 fully saturated rings. The van der Waals surface area contributed by atoms with Gasteiger partial charge in [0.1, 0.15) is 18.6 Å². The molecule has 1 atom stereocenters. The van der Waals surface area contributed by atoms with E-state index in [1.54, 1.807) is 13.0 Å². The van der Waals surface area contributed by atoms with Gasteiger partial charge in [0, 0.05) is 5.70 Å². The van der Waals surface area contributed by atoms with Gasteiger partial charge in [-0.2, -0.15) is 0 Å². The molecule has 4 rings (SSSR count). The zero-order valence-electron chi connectivity index (χ0n) is 15.0. The summed E-state index contributed by atoms with van der Waals surface area (Å²) in [5.41, 5.74) is 2.44. The van der Waals surface area contributed by atoms with Gasteiger partial charge in [-0.1, -0.05) is 12.1 Å². The molecule has 7 heteroatoms. The molecule has 2 heterocycles. The summed E-state index contributed by atoms with van der Waals surface area (Å²) in [6, 6.07) is 4.54. The molecule has 1 aromatic carbocycles. The van der Waals surface area contributed by atoms with Crippen molar-refractivity contribution < 1.29 is 27.8 Å². The number of ether oxygens (including phenoxy) is 2. The number of methoxy groups -OCH3 is 1. The molecule has 1 N–H and O–H groups in total. The molecular weight excluding hydrogens is 356 g/mol. The predicted molar refractivity (Wildman–Crippen MR) is 91.8 cm³/mol. The minimum atomic E-state index is -0.959. The van der Waals surface area contributed by atoms with Crippen molar-refractivity contribution in [1.82, 2.24) is 5.32 Å². The lowest BCUT2D eigenvalue weighted by atomic mass is 9.71. The van der Waals surface area contributed by atoms with Gasteiger partial charge < -0.3 is 14.8 Å². The Labute approximate surface area is 155 Å². The highest BCUT2D eigenvalue weighted by atomic mass is 19.1. The van der Waals surface area contributed by atoms with E-state index in [0.717, 1.165) is 0 Å². The second-order valence-corrected chi connectivity index (χ2v) is 7.06. The van der Waals surface area contributed by atoms with Crippen LogP contribution in [0.3, 0.4) is 0 Å². The van der Waals surface area contributed by atoms with Crippen LogP contribution in [0, 0.1) is 5.82 Å². The maximum atomic E-state index is 14.7. The number of nitrogens with one attached hydrogen (secondary N) is 1. The summed E-state index contributed by atoms with van der Waals surface area (Å²) in [6.45, 7) is 1.77. The van der Waals surface area contributed by atoms with Crippen molar-refractivity contribution in [2.24, 2.45) is 0 Å². The van der Waals surface area contributed by atoms with Crippen LogP contribution in [0.1, 0.15) is 42.7 Å². The number of carbonyl (C=O) groups excluding carboxylic acids is 2. The normalized spacial score (nSPS) is 27.0. The van der Waals surface area contributed by atoms with Crippen molar-refractivity contribution in [2.45, 2.75) is 37.8 Å². The number of esters is 2. The number of hydrogen-bond donors (Lipinski definition) is 1. The van der Waals surface area contributed by atoms with Crippen LogP contribution in [0.25, 0.3) is 0 Å². The van der Waals surface area contributed by atoms with E-state index < -0.39 is 29.8 Å². The van der Waals surface area contributed by atoms with Gasteiger partial charge >= 0.3 is 11.9 Å². The van der Waals surface area contributed by atoms with Gasteiger partial charge in [0.05, 0.1) is 29.9 Å². The molecule has 0 aromatic heterocycles. The summed E-state index contributed by atoms with van der Waals surface area (Å²) in [5.74, 6) is -2.72. The zero-order valence-corrected chi connectivity index (χ0v) is 15.0. The number of carbonyl (C=O) groups is 2. The fourth-order valence-electron chi connectivity index (χ4n) is 4.18. The van der Waals surface area contributed by atoms with E-state index in [2.05, 4.69) is 5.32 Å². The quantitative estimate of drug-likeness (QED) is 0.823. The van der Waals surface area contributed by atoms with Crippen molar-refractivity contribution in [3.05, 3.63) is 57.7 Å². The first-order valence-corrected chi connectivity index (χ1v) is 8.81. The van der Waals surface area contributed by atoms with E-state index >= 15 is 0 Å². The van der Waals surface area contributed by atoms with Gasteiger partial charge in [0.2, 0.25) is 0 Å². The van der Waals surface area contributed by atoms with Gasteiger partial charge in [0.15, 0.2) is 0 Å². The number of allylic oxidation sites excluding steroid dienone is 1. The maximum absolute atomic E-state index is 14.7. The van der Waals surface area contributed by atoms with Crippen LogP contribution in [0.2, 0.25) is 0 Å². The molecule has 1 aromatic rings.